The Hall–Kier alpha value is -2.69. The lowest BCUT2D eigenvalue weighted by molar-refractivity contribution is 0.247. The number of para-hydroxylation sites is 1. The molecule has 2 N–H and O–H groups in total. The monoisotopic (exact) mass is 353 g/mol. The number of amides is 2. The van der Waals surface area contributed by atoms with Crippen LogP contribution in [0.1, 0.15) is 25.3 Å². The second-order valence-electron chi connectivity index (χ2n) is 6.43. The molecule has 0 radical (unpaired) electrons. The fourth-order valence-electron chi connectivity index (χ4n) is 3.17. The maximum Gasteiger partial charge on any atom is 0.319 e. The molecule has 2 aromatic carbocycles. The van der Waals surface area contributed by atoms with Crippen molar-refractivity contribution in [2.24, 2.45) is 0 Å². The molecule has 0 atom stereocenters. The number of ether oxygens (including phenoxy) is 1. The Kier molecular flexibility index (Phi) is 6.36. The molecule has 26 heavy (non-hydrogen) atoms. The molecular formula is C21H27N3O2. The van der Waals surface area contributed by atoms with Crippen molar-refractivity contribution in [3.8, 4) is 5.75 Å². The molecule has 0 spiro atoms. The van der Waals surface area contributed by atoms with Crippen molar-refractivity contribution in [2.45, 2.75) is 26.2 Å². The van der Waals surface area contributed by atoms with Gasteiger partial charge in [-0.15, -0.1) is 0 Å². The summed E-state index contributed by atoms with van der Waals surface area (Å²) in [5, 5.41) is 5.68. The van der Waals surface area contributed by atoms with Crippen LogP contribution in [-0.4, -0.2) is 32.3 Å². The number of anilines is 2. The molecular weight excluding hydrogens is 326 g/mol. The van der Waals surface area contributed by atoms with E-state index < -0.39 is 0 Å². The molecule has 2 aromatic rings. The molecule has 5 nitrogen and oxygen atoms in total. The molecule has 0 aromatic heterocycles. The van der Waals surface area contributed by atoms with E-state index in [1.54, 1.807) is 0 Å². The van der Waals surface area contributed by atoms with E-state index in [-0.39, 0.29) is 6.03 Å². The van der Waals surface area contributed by atoms with Crippen molar-refractivity contribution in [1.82, 2.24) is 5.32 Å². The van der Waals surface area contributed by atoms with Crippen molar-refractivity contribution in [3.05, 3.63) is 54.1 Å². The molecule has 2 amide bonds. The van der Waals surface area contributed by atoms with E-state index in [0.717, 1.165) is 30.9 Å². The number of nitrogens with one attached hydrogen (secondary N) is 2. The zero-order chi connectivity index (χ0) is 18.2. The summed E-state index contributed by atoms with van der Waals surface area (Å²) in [6.07, 6.45) is 3.44. The lowest BCUT2D eigenvalue weighted by atomic mass is 10.1. The number of rotatable bonds is 7. The summed E-state index contributed by atoms with van der Waals surface area (Å²) >= 11 is 0. The maximum absolute atomic E-state index is 12.0. The Labute approximate surface area is 155 Å². The number of urea groups is 1. The Balaban J connectivity index is 1.40. The Morgan fingerprint density at radius 3 is 2.54 bits per heavy atom. The highest BCUT2D eigenvalue weighted by Crippen LogP contribution is 2.22. The fraction of sp³-hybridized carbons (Fsp3) is 0.381. The molecule has 1 fully saturated rings. The third-order valence-electron chi connectivity index (χ3n) is 4.60. The first kappa shape index (κ1) is 18.1. The number of hydrogen-bond acceptors (Lipinski definition) is 3. The Morgan fingerprint density at radius 1 is 1.08 bits per heavy atom. The molecule has 0 aliphatic carbocycles. The molecule has 1 saturated heterocycles. The topological polar surface area (TPSA) is 53.6 Å². The van der Waals surface area contributed by atoms with E-state index in [1.807, 2.05) is 30.3 Å². The van der Waals surface area contributed by atoms with Crippen molar-refractivity contribution >= 4 is 17.4 Å². The van der Waals surface area contributed by atoms with E-state index in [2.05, 4.69) is 40.7 Å². The van der Waals surface area contributed by atoms with Gasteiger partial charge >= 0.3 is 6.03 Å². The first-order valence-corrected chi connectivity index (χ1v) is 9.37. The number of aryl methyl sites for hydroxylation is 1. The predicted octanol–water partition coefficient (Wildman–Crippen LogP) is 4.05. The van der Waals surface area contributed by atoms with Crippen LogP contribution >= 0.6 is 0 Å². The van der Waals surface area contributed by atoms with Gasteiger partial charge in [-0.1, -0.05) is 25.1 Å². The minimum absolute atomic E-state index is 0.216. The highest BCUT2D eigenvalue weighted by Gasteiger charge is 2.12. The molecule has 1 aliphatic heterocycles. The van der Waals surface area contributed by atoms with Gasteiger partial charge in [0.1, 0.15) is 12.4 Å². The Morgan fingerprint density at radius 2 is 1.81 bits per heavy atom. The van der Waals surface area contributed by atoms with Gasteiger partial charge in [-0.05, 0) is 55.2 Å². The lowest BCUT2D eigenvalue weighted by Crippen LogP contribution is -2.32. The maximum atomic E-state index is 12.0. The second kappa shape index (κ2) is 9.13. The molecule has 138 valence electrons. The Bertz CT molecular complexity index is 709. The minimum Gasteiger partial charge on any atom is -0.491 e. The first-order valence-electron chi connectivity index (χ1n) is 9.37. The molecule has 0 unspecified atom stereocenters. The fourth-order valence-corrected chi connectivity index (χ4v) is 3.17. The summed E-state index contributed by atoms with van der Waals surface area (Å²) in [6.45, 7) is 5.24. The van der Waals surface area contributed by atoms with Gasteiger partial charge in [-0.3, -0.25) is 0 Å². The van der Waals surface area contributed by atoms with Crippen molar-refractivity contribution in [1.29, 1.82) is 0 Å². The highest BCUT2D eigenvalue weighted by atomic mass is 16.5. The SMILES string of the molecule is CCc1ccccc1OCCNC(=O)Nc1ccc(N2CCCC2)cc1. The summed E-state index contributed by atoms with van der Waals surface area (Å²) in [5.74, 6) is 0.884. The largest absolute Gasteiger partial charge is 0.491 e. The van der Waals surface area contributed by atoms with Gasteiger partial charge in [-0.2, -0.15) is 0 Å². The lowest BCUT2D eigenvalue weighted by Gasteiger charge is -2.17. The van der Waals surface area contributed by atoms with Crippen LogP contribution < -0.4 is 20.3 Å². The number of carbonyl (C=O) groups excluding carboxylic acids is 1. The molecule has 5 heteroatoms. The van der Waals surface area contributed by atoms with Crippen LogP contribution in [0.5, 0.6) is 5.75 Å². The highest BCUT2D eigenvalue weighted by molar-refractivity contribution is 5.89. The van der Waals surface area contributed by atoms with E-state index in [9.17, 15) is 4.79 Å². The number of benzene rings is 2. The third kappa shape index (κ3) is 4.91. The molecule has 3 rings (SSSR count). The van der Waals surface area contributed by atoms with Crippen LogP contribution in [0, 0.1) is 0 Å². The quantitative estimate of drug-likeness (QED) is 0.739. The van der Waals surface area contributed by atoms with Gasteiger partial charge < -0.3 is 20.3 Å². The summed E-state index contributed by atoms with van der Waals surface area (Å²) in [7, 11) is 0. The summed E-state index contributed by atoms with van der Waals surface area (Å²) < 4.78 is 5.75. The van der Waals surface area contributed by atoms with Crippen molar-refractivity contribution in [2.75, 3.05) is 36.5 Å². The van der Waals surface area contributed by atoms with Crippen molar-refractivity contribution < 1.29 is 9.53 Å². The number of carbonyl (C=O) groups is 1. The standard InChI is InChI=1S/C21H27N3O2/c1-2-17-7-3-4-8-20(17)26-16-13-22-21(25)23-18-9-11-19(12-10-18)24-14-5-6-15-24/h3-4,7-12H,2,5-6,13-16H2,1H3,(H2,22,23,25). The molecule has 1 aliphatic rings. The average Bonchev–Trinajstić information content (AvgIpc) is 3.21. The van der Waals surface area contributed by atoms with Crippen LogP contribution in [0.4, 0.5) is 16.2 Å². The number of nitrogens with zero attached hydrogens (tertiary/aromatic N) is 1. The van der Waals surface area contributed by atoms with Gasteiger partial charge in [-0.25, -0.2) is 4.79 Å². The summed E-state index contributed by atoms with van der Waals surface area (Å²) in [4.78, 5) is 14.4. The van der Waals surface area contributed by atoms with Gasteiger partial charge in [0.05, 0.1) is 6.54 Å². The van der Waals surface area contributed by atoms with Crippen LogP contribution in [-0.2, 0) is 6.42 Å². The second-order valence-corrected chi connectivity index (χ2v) is 6.43. The summed E-state index contributed by atoms with van der Waals surface area (Å²) in [6, 6.07) is 15.8. The van der Waals surface area contributed by atoms with Gasteiger partial charge in [0.2, 0.25) is 0 Å². The zero-order valence-corrected chi connectivity index (χ0v) is 15.3. The van der Waals surface area contributed by atoms with Crippen LogP contribution in [0.15, 0.2) is 48.5 Å². The van der Waals surface area contributed by atoms with E-state index in [4.69, 9.17) is 4.74 Å². The van der Waals surface area contributed by atoms with E-state index >= 15 is 0 Å². The van der Waals surface area contributed by atoms with E-state index in [0.29, 0.717) is 13.2 Å². The minimum atomic E-state index is -0.216. The smallest absolute Gasteiger partial charge is 0.319 e. The van der Waals surface area contributed by atoms with Crippen LogP contribution in [0.3, 0.4) is 0 Å². The third-order valence-corrected chi connectivity index (χ3v) is 4.60. The summed E-state index contributed by atoms with van der Waals surface area (Å²) in [5.41, 5.74) is 3.19. The van der Waals surface area contributed by atoms with Gasteiger partial charge in [0, 0.05) is 24.5 Å². The first-order chi connectivity index (χ1) is 12.8. The zero-order valence-electron chi connectivity index (χ0n) is 15.3. The predicted molar refractivity (Wildman–Crippen MR) is 106 cm³/mol. The van der Waals surface area contributed by atoms with Crippen LogP contribution in [0.2, 0.25) is 0 Å². The average molecular weight is 353 g/mol. The molecule has 0 saturated carbocycles. The molecule has 1 heterocycles. The van der Waals surface area contributed by atoms with Crippen LogP contribution in [0.25, 0.3) is 0 Å². The normalized spacial score (nSPS) is 13.5. The van der Waals surface area contributed by atoms with Crippen molar-refractivity contribution in [3.63, 3.8) is 0 Å². The number of hydrogen-bond donors (Lipinski definition) is 2. The molecule has 0 bridgehead atoms. The van der Waals surface area contributed by atoms with E-state index in [1.165, 1.54) is 24.1 Å². The van der Waals surface area contributed by atoms with Gasteiger partial charge in [0.15, 0.2) is 0 Å². The van der Waals surface area contributed by atoms with Gasteiger partial charge in [0.25, 0.3) is 0 Å².